The fourth-order valence-corrected chi connectivity index (χ4v) is 2.93. The van der Waals surface area contributed by atoms with E-state index < -0.39 is 0 Å². The van der Waals surface area contributed by atoms with Gasteiger partial charge in [-0.05, 0) is 47.0 Å². The molecule has 0 saturated carbocycles. The van der Waals surface area contributed by atoms with Gasteiger partial charge < -0.3 is 15.4 Å². The van der Waals surface area contributed by atoms with Crippen molar-refractivity contribution in [1.82, 2.24) is 9.88 Å². The minimum atomic E-state index is 0.0845. The number of rotatable bonds is 3. The first-order valence-corrected chi connectivity index (χ1v) is 7.98. The molecule has 124 valence electrons. The Morgan fingerprint density at radius 2 is 1.80 bits per heavy atom. The molecule has 1 amide bonds. The summed E-state index contributed by atoms with van der Waals surface area (Å²) in [7, 11) is 1.82. The summed E-state index contributed by atoms with van der Waals surface area (Å²) in [5.74, 6) is 1.29. The van der Waals surface area contributed by atoms with E-state index in [0.29, 0.717) is 23.9 Å². The number of carbonyl (C=O) groups is 1. The quantitative estimate of drug-likeness (QED) is 0.794. The van der Waals surface area contributed by atoms with E-state index in [4.69, 9.17) is 10.5 Å². The second-order valence-electron chi connectivity index (χ2n) is 6.09. The highest BCUT2D eigenvalue weighted by Gasteiger charge is 2.24. The van der Waals surface area contributed by atoms with Crippen molar-refractivity contribution in [2.24, 2.45) is 0 Å². The third-order valence-electron chi connectivity index (χ3n) is 4.26. The molecule has 0 bridgehead atoms. The molecule has 2 heterocycles. The molecule has 5 heteroatoms. The molecule has 25 heavy (non-hydrogen) atoms. The van der Waals surface area contributed by atoms with Crippen molar-refractivity contribution in [3.8, 4) is 22.8 Å². The van der Waals surface area contributed by atoms with Gasteiger partial charge in [0.1, 0.15) is 5.75 Å². The van der Waals surface area contributed by atoms with Crippen LogP contribution in [0.4, 0.5) is 5.69 Å². The number of hydrogen-bond acceptors (Lipinski definition) is 4. The third-order valence-corrected chi connectivity index (χ3v) is 4.26. The molecule has 0 radical (unpaired) electrons. The number of pyridine rings is 1. The first-order valence-electron chi connectivity index (χ1n) is 7.98. The van der Waals surface area contributed by atoms with E-state index in [1.165, 1.54) is 0 Å². The van der Waals surface area contributed by atoms with E-state index in [0.717, 1.165) is 22.3 Å². The maximum Gasteiger partial charge on any atom is 0.254 e. The molecule has 0 atom stereocenters. The maximum atomic E-state index is 12.0. The van der Waals surface area contributed by atoms with Crippen LogP contribution in [0, 0.1) is 0 Å². The number of nitrogen functional groups attached to an aromatic ring is 1. The monoisotopic (exact) mass is 331 g/mol. The van der Waals surface area contributed by atoms with Gasteiger partial charge in [-0.3, -0.25) is 4.79 Å². The van der Waals surface area contributed by atoms with Crippen LogP contribution in [0.5, 0.6) is 11.6 Å². The van der Waals surface area contributed by atoms with Crippen molar-refractivity contribution >= 4 is 11.6 Å². The molecule has 0 unspecified atom stereocenters. The lowest BCUT2D eigenvalue weighted by Crippen LogP contribution is -2.17. The number of amides is 1. The van der Waals surface area contributed by atoms with Gasteiger partial charge >= 0.3 is 0 Å². The average molecular weight is 331 g/mol. The summed E-state index contributed by atoms with van der Waals surface area (Å²) in [6.45, 7) is 0.659. The highest BCUT2D eigenvalue weighted by Crippen LogP contribution is 2.29. The van der Waals surface area contributed by atoms with Crippen LogP contribution in [0.3, 0.4) is 0 Å². The van der Waals surface area contributed by atoms with Gasteiger partial charge in [0.25, 0.3) is 5.91 Å². The molecule has 0 fully saturated rings. The number of carbonyl (C=O) groups excluding carboxylic acids is 1. The van der Waals surface area contributed by atoms with Crippen LogP contribution in [0.15, 0.2) is 60.8 Å². The normalized spacial score (nSPS) is 13.0. The summed E-state index contributed by atoms with van der Waals surface area (Å²) in [6, 6.07) is 17.2. The largest absolute Gasteiger partial charge is 0.439 e. The zero-order valence-corrected chi connectivity index (χ0v) is 13.8. The molecule has 0 saturated heterocycles. The van der Waals surface area contributed by atoms with Crippen LogP contribution in [0.2, 0.25) is 0 Å². The lowest BCUT2D eigenvalue weighted by molar-refractivity contribution is 0.0816. The van der Waals surface area contributed by atoms with Crippen LogP contribution in [0.1, 0.15) is 15.9 Å². The van der Waals surface area contributed by atoms with Gasteiger partial charge in [-0.15, -0.1) is 0 Å². The Kier molecular flexibility index (Phi) is 3.61. The number of anilines is 1. The van der Waals surface area contributed by atoms with Crippen molar-refractivity contribution in [3.05, 3.63) is 71.9 Å². The Morgan fingerprint density at radius 1 is 1.04 bits per heavy atom. The molecule has 0 aliphatic carbocycles. The first kappa shape index (κ1) is 15.2. The SMILES string of the molecule is CN1Cc2cc(-c3ccc(Oc4ccc(N)cn4)cc3)ccc2C1=O. The number of aromatic nitrogens is 1. The van der Waals surface area contributed by atoms with Crippen LogP contribution in [-0.2, 0) is 6.54 Å². The first-order chi connectivity index (χ1) is 12.1. The van der Waals surface area contributed by atoms with Crippen molar-refractivity contribution in [1.29, 1.82) is 0 Å². The molecule has 4 rings (SSSR count). The van der Waals surface area contributed by atoms with Crippen molar-refractivity contribution in [2.75, 3.05) is 12.8 Å². The molecule has 1 aliphatic heterocycles. The number of fused-ring (bicyclic) bond motifs is 1. The summed E-state index contributed by atoms with van der Waals surface area (Å²) in [5.41, 5.74) is 10.2. The predicted molar refractivity (Wildman–Crippen MR) is 96.4 cm³/mol. The van der Waals surface area contributed by atoms with Gasteiger partial charge in [0.15, 0.2) is 0 Å². The standard InChI is InChI=1S/C20H17N3O2/c1-23-12-15-10-14(4-8-18(15)20(23)24)13-2-6-17(7-3-13)25-19-9-5-16(21)11-22-19/h2-11H,12,21H2,1H3. The minimum Gasteiger partial charge on any atom is -0.439 e. The summed E-state index contributed by atoms with van der Waals surface area (Å²) < 4.78 is 5.71. The van der Waals surface area contributed by atoms with Gasteiger partial charge in [-0.1, -0.05) is 18.2 Å². The van der Waals surface area contributed by atoms with E-state index in [1.54, 1.807) is 23.2 Å². The summed E-state index contributed by atoms with van der Waals surface area (Å²) in [6.07, 6.45) is 1.56. The number of benzene rings is 2. The molecule has 1 aliphatic rings. The fourth-order valence-electron chi connectivity index (χ4n) is 2.93. The molecule has 1 aromatic heterocycles. The summed E-state index contributed by atoms with van der Waals surface area (Å²) >= 11 is 0. The lowest BCUT2D eigenvalue weighted by Gasteiger charge is -2.07. The molecule has 0 spiro atoms. The van der Waals surface area contributed by atoms with E-state index >= 15 is 0 Å². The van der Waals surface area contributed by atoms with Crippen molar-refractivity contribution in [3.63, 3.8) is 0 Å². The Bertz CT molecular complexity index is 934. The zero-order valence-electron chi connectivity index (χ0n) is 13.8. The van der Waals surface area contributed by atoms with Crippen molar-refractivity contribution < 1.29 is 9.53 Å². The van der Waals surface area contributed by atoms with Gasteiger partial charge in [0.2, 0.25) is 5.88 Å². The molecule has 3 aromatic rings. The highest BCUT2D eigenvalue weighted by molar-refractivity contribution is 5.98. The smallest absolute Gasteiger partial charge is 0.254 e. The number of nitrogens with zero attached hydrogens (tertiary/aromatic N) is 2. The predicted octanol–water partition coefficient (Wildman–Crippen LogP) is 3.71. The van der Waals surface area contributed by atoms with E-state index in [1.807, 2.05) is 43.4 Å². The van der Waals surface area contributed by atoms with Gasteiger partial charge in [0, 0.05) is 25.2 Å². The van der Waals surface area contributed by atoms with E-state index in [2.05, 4.69) is 11.1 Å². The number of hydrogen-bond donors (Lipinski definition) is 1. The van der Waals surface area contributed by atoms with E-state index in [-0.39, 0.29) is 5.91 Å². The zero-order chi connectivity index (χ0) is 17.4. The Labute approximate surface area is 145 Å². The molecular formula is C20H17N3O2. The minimum absolute atomic E-state index is 0.0845. The van der Waals surface area contributed by atoms with E-state index in [9.17, 15) is 4.79 Å². The van der Waals surface area contributed by atoms with Crippen LogP contribution < -0.4 is 10.5 Å². The Hall–Kier alpha value is -3.34. The van der Waals surface area contributed by atoms with Crippen LogP contribution in [-0.4, -0.2) is 22.8 Å². The van der Waals surface area contributed by atoms with Gasteiger partial charge in [-0.2, -0.15) is 0 Å². The second-order valence-corrected chi connectivity index (χ2v) is 6.09. The molecule has 2 N–H and O–H groups in total. The topological polar surface area (TPSA) is 68.5 Å². The second kappa shape index (κ2) is 5.94. The van der Waals surface area contributed by atoms with Gasteiger partial charge in [0.05, 0.1) is 11.9 Å². The van der Waals surface area contributed by atoms with Crippen LogP contribution >= 0.6 is 0 Å². The Balaban J connectivity index is 1.55. The van der Waals surface area contributed by atoms with Crippen molar-refractivity contribution in [2.45, 2.75) is 6.54 Å². The maximum absolute atomic E-state index is 12.0. The van der Waals surface area contributed by atoms with Gasteiger partial charge in [-0.25, -0.2) is 4.98 Å². The Morgan fingerprint density at radius 3 is 2.52 bits per heavy atom. The fraction of sp³-hybridized carbons (Fsp3) is 0.100. The highest BCUT2D eigenvalue weighted by atomic mass is 16.5. The summed E-state index contributed by atoms with van der Waals surface area (Å²) in [5, 5.41) is 0. The third kappa shape index (κ3) is 2.92. The molecule has 5 nitrogen and oxygen atoms in total. The molecule has 2 aromatic carbocycles. The van der Waals surface area contributed by atoms with Crippen LogP contribution in [0.25, 0.3) is 11.1 Å². The lowest BCUT2D eigenvalue weighted by atomic mass is 10.0. The summed E-state index contributed by atoms with van der Waals surface area (Å²) in [4.78, 5) is 17.8. The average Bonchev–Trinajstić information content (AvgIpc) is 2.91. The number of ether oxygens (including phenoxy) is 1. The number of nitrogens with two attached hydrogens (primary N) is 1. The molecular weight excluding hydrogens is 314 g/mol.